The molecule has 1 amide bonds. The first-order chi connectivity index (χ1) is 16.7. The third-order valence-electron chi connectivity index (χ3n) is 6.43. The molecule has 2 aromatic heterocycles. The van der Waals surface area contributed by atoms with E-state index in [0.717, 1.165) is 50.0 Å². The van der Waals surface area contributed by atoms with E-state index >= 15 is 0 Å². The second kappa shape index (κ2) is 9.29. The van der Waals surface area contributed by atoms with Crippen LogP contribution in [0.4, 0.5) is 11.5 Å². The Balaban J connectivity index is 1.46. The van der Waals surface area contributed by atoms with Crippen molar-refractivity contribution in [1.82, 2.24) is 19.5 Å². The number of benzene rings is 1. The van der Waals surface area contributed by atoms with Crippen LogP contribution in [0.1, 0.15) is 47.8 Å². The van der Waals surface area contributed by atoms with Crippen LogP contribution >= 0.6 is 11.6 Å². The number of rotatable bonds is 5. The number of nitrogens with zero attached hydrogens (tertiary/aromatic N) is 5. The average molecular weight is 519 g/mol. The van der Waals surface area contributed by atoms with Gasteiger partial charge in [0.25, 0.3) is 5.91 Å². The predicted molar refractivity (Wildman–Crippen MR) is 133 cm³/mol. The Morgan fingerprint density at radius 1 is 1.17 bits per heavy atom. The summed E-state index contributed by atoms with van der Waals surface area (Å²) in [5.74, 6) is 0.479. The molecule has 12 heteroatoms. The predicted octanol–water partition coefficient (Wildman–Crippen LogP) is 2.69. The summed E-state index contributed by atoms with van der Waals surface area (Å²) in [6.45, 7) is 1.82. The van der Waals surface area contributed by atoms with Crippen LogP contribution in [0.25, 0.3) is 5.65 Å². The van der Waals surface area contributed by atoms with E-state index in [2.05, 4.69) is 4.72 Å². The summed E-state index contributed by atoms with van der Waals surface area (Å²) in [5.41, 5.74) is 1.79. The molecule has 0 saturated carbocycles. The topological polar surface area (TPSA) is 120 Å². The van der Waals surface area contributed by atoms with Crippen molar-refractivity contribution < 1.29 is 18.3 Å². The summed E-state index contributed by atoms with van der Waals surface area (Å²) >= 11 is 6.16. The monoisotopic (exact) mass is 518 g/mol. The van der Waals surface area contributed by atoms with Gasteiger partial charge in [-0.1, -0.05) is 11.6 Å². The van der Waals surface area contributed by atoms with Crippen molar-refractivity contribution in [2.75, 3.05) is 35.5 Å². The average Bonchev–Trinajstić information content (AvgIpc) is 3.44. The van der Waals surface area contributed by atoms with Gasteiger partial charge in [-0.25, -0.2) is 17.9 Å². The number of aromatic nitrogens is 3. The lowest BCUT2D eigenvalue weighted by Gasteiger charge is -2.35. The Kier molecular flexibility index (Phi) is 6.32. The number of carbonyl (C=O) groups excluding carboxylic acids is 1. The van der Waals surface area contributed by atoms with Crippen LogP contribution in [0.15, 0.2) is 36.5 Å². The standard InChI is InChI=1S/C23H27ClN6O4S/c1-35(33,34)27-18-6-5-15(24)12-17(18)23(32)29-9-3-2-4-20(29)19-13-22-25-21(8-11-30(22)26-19)28-10-7-16(31)14-28/h5-6,8,11-13,16,20,27,31H,2-4,7,9-10,14H2,1H3. The molecule has 0 radical (unpaired) electrons. The fourth-order valence-electron chi connectivity index (χ4n) is 4.80. The lowest BCUT2D eigenvalue weighted by Crippen LogP contribution is -2.39. The van der Waals surface area contributed by atoms with Gasteiger partial charge in [0.15, 0.2) is 5.65 Å². The quantitative estimate of drug-likeness (QED) is 0.532. The third-order valence-corrected chi connectivity index (χ3v) is 7.25. The third kappa shape index (κ3) is 5.07. The van der Waals surface area contributed by atoms with Crippen LogP contribution in [0.3, 0.4) is 0 Å². The molecular weight excluding hydrogens is 492 g/mol. The number of amides is 1. The van der Waals surface area contributed by atoms with Crippen molar-refractivity contribution in [3.8, 4) is 0 Å². The normalized spacial score (nSPS) is 21.0. The molecule has 1 aromatic carbocycles. The number of anilines is 2. The van der Waals surface area contributed by atoms with Gasteiger partial charge in [0, 0.05) is 36.9 Å². The van der Waals surface area contributed by atoms with Gasteiger partial charge in [-0.05, 0) is 49.9 Å². The minimum Gasteiger partial charge on any atom is -0.391 e. The Morgan fingerprint density at radius 2 is 2.00 bits per heavy atom. The van der Waals surface area contributed by atoms with Crippen molar-refractivity contribution in [3.63, 3.8) is 0 Å². The van der Waals surface area contributed by atoms with E-state index < -0.39 is 10.0 Å². The lowest BCUT2D eigenvalue weighted by molar-refractivity contribution is 0.0607. The van der Waals surface area contributed by atoms with E-state index in [1.807, 2.05) is 23.2 Å². The molecule has 186 valence electrons. The maximum Gasteiger partial charge on any atom is 0.256 e. The van der Waals surface area contributed by atoms with Crippen LogP contribution < -0.4 is 9.62 Å². The first kappa shape index (κ1) is 23.8. The van der Waals surface area contributed by atoms with Crippen molar-refractivity contribution in [2.45, 2.75) is 37.8 Å². The van der Waals surface area contributed by atoms with Gasteiger partial charge in [-0.2, -0.15) is 5.10 Å². The fraction of sp³-hybridized carbons (Fsp3) is 0.435. The van der Waals surface area contributed by atoms with Gasteiger partial charge in [-0.3, -0.25) is 9.52 Å². The summed E-state index contributed by atoms with van der Waals surface area (Å²) in [6, 6.07) is 8.03. The van der Waals surface area contributed by atoms with E-state index in [9.17, 15) is 18.3 Å². The maximum atomic E-state index is 13.7. The van der Waals surface area contributed by atoms with Gasteiger partial charge < -0.3 is 14.9 Å². The molecule has 2 N–H and O–H groups in total. The summed E-state index contributed by atoms with van der Waals surface area (Å²) in [7, 11) is -3.58. The van der Waals surface area contributed by atoms with Crippen LogP contribution in [-0.4, -0.2) is 70.9 Å². The molecule has 2 fully saturated rings. The molecule has 2 saturated heterocycles. The van der Waals surface area contributed by atoms with Gasteiger partial charge in [0.05, 0.1) is 35.3 Å². The molecule has 0 bridgehead atoms. The van der Waals surface area contributed by atoms with Crippen LogP contribution in [-0.2, 0) is 10.0 Å². The molecule has 5 rings (SSSR count). The van der Waals surface area contributed by atoms with E-state index in [0.29, 0.717) is 23.8 Å². The van der Waals surface area contributed by atoms with Gasteiger partial charge in [-0.15, -0.1) is 0 Å². The van der Waals surface area contributed by atoms with Crippen molar-refractivity contribution in [1.29, 1.82) is 0 Å². The number of hydrogen-bond donors (Lipinski definition) is 2. The number of hydrogen-bond acceptors (Lipinski definition) is 7. The minimum atomic E-state index is -3.58. The van der Waals surface area contributed by atoms with Crippen molar-refractivity contribution >= 4 is 44.7 Å². The zero-order valence-electron chi connectivity index (χ0n) is 19.3. The van der Waals surface area contributed by atoms with E-state index in [-0.39, 0.29) is 29.3 Å². The SMILES string of the molecule is CS(=O)(=O)Nc1ccc(Cl)cc1C(=O)N1CCCCC1c1cc2nc(N3CCC(O)C3)ccn2n1. The number of sulfonamides is 1. The number of likely N-dealkylation sites (tertiary alicyclic amines) is 1. The van der Waals surface area contributed by atoms with E-state index in [1.54, 1.807) is 15.5 Å². The Labute approximate surface area is 208 Å². The molecule has 2 atom stereocenters. The highest BCUT2D eigenvalue weighted by Gasteiger charge is 2.32. The molecule has 35 heavy (non-hydrogen) atoms. The minimum absolute atomic E-state index is 0.195. The Bertz CT molecular complexity index is 1380. The van der Waals surface area contributed by atoms with Gasteiger partial charge in [0.2, 0.25) is 10.0 Å². The number of β-amino-alcohol motifs (C(OH)–C–C–N with tert-alkyl or cyclic N) is 1. The molecule has 2 aliphatic rings. The van der Waals surface area contributed by atoms with E-state index in [1.165, 1.54) is 12.1 Å². The highest BCUT2D eigenvalue weighted by atomic mass is 35.5. The highest BCUT2D eigenvalue weighted by molar-refractivity contribution is 7.92. The van der Waals surface area contributed by atoms with Gasteiger partial charge >= 0.3 is 0 Å². The summed E-state index contributed by atoms with van der Waals surface area (Å²) in [5, 5.41) is 14.9. The first-order valence-electron chi connectivity index (χ1n) is 11.6. The second-order valence-corrected chi connectivity index (χ2v) is 11.3. The number of aliphatic hydroxyl groups excluding tert-OH is 1. The Morgan fingerprint density at radius 3 is 2.74 bits per heavy atom. The largest absolute Gasteiger partial charge is 0.391 e. The zero-order chi connectivity index (χ0) is 24.7. The van der Waals surface area contributed by atoms with Crippen LogP contribution in [0, 0.1) is 0 Å². The number of nitrogens with one attached hydrogen (secondary N) is 1. The molecule has 10 nitrogen and oxygen atoms in total. The number of carbonyl (C=O) groups is 1. The highest BCUT2D eigenvalue weighted by Crippen LogP contribution is 2.34. The first-order valence-corrected chi connectivity index (χ1v) is 13.8. The molecule has 0 spiro atoms. The summed E-state index contributed by atoms with van der Waals surface area (Å²) < 4.78 is 27.8. The molecular formula is C23H27ClN6O4S. The number of piperidine rings is 1. The fourth-order valence-corrected chi connectivity index (χ4v) is 5.55. The van der Waals surface area contributed by atoms with E-state index in [4.69, 9.17) is 21.7 Å². The lowest BCUT2D eigenvalue weighted by atomic mass is 9.98. The number of aliphatic hydroxyl groups is 1. The summed E-state index contributed by atoms with van der Waals surface area (Å²) in [6.07, 6.45) is 5.77. The number of halogens is 1. The summed E-state index contributed by atoms with van der Waals surface area (Å²) in [4.78, 5) is 22.2. The number of fused-ring (bicyclic) bond motifs is 1. The smallest absolute Gasteiger partial charge is 0.256 e. The van der Waals surface area contributed by atoms with Crippen molar-refractivity contribution in [3.05, 3.63) is 52.8 Å². The molecule has 3 aromatic rings. The van der Waals surface area contributed by atoms with Gasteiger partial charge in [0.1, 0.15) is 5.82 Å². The van der Waals surface area contributed by atoms with Crippen LogP contribution in [0.2, 0.25) is 5.02 Å². The molecule has 2 unspecified atom stereocenters. The second-order valence-electron chi connectivity index (χ2n) is 9.12. The zero-order valence-corrected chi connectivity index (χ0v) is 20.8. The molecule has 4 heterocycles. The van der Waals surface area contributed by atoms with Crippen LogP contribution in [0.5, 0.6) is 0 Å². The van der Waals surface area contributed by atoms with Crippen molar-refractivity contribution in [2.24, 2.45) is 0 Å². The molecule has 0 aliphatic carbocycles. The maximum absolute atomic E-state index is 13.7. The Hall–Kier alpha value is -2.89. The molecule has 2 aliphatic heterocycles.